The lowest BCUT2D eigenvalue weighted by atomic mass is 9.77. The molecule has 4 aliphatic heterocycles. The monoisotopic (exact) mass is 521 g/mol. The molecule has 5 atom stereocenters. The highest BCUT2D eigenvalue weighted by atomic mass is 16.5. The number of ether oxygens (including phenoxy) is 1. The van der Waals surface area contributed by atoms with E-state index in [-0.39, 0.29) is 24.3 Å². The first kappa shape index (κ1) is 26.6. The Labute approximate surface area is 224 Å². The molecule has 2 saturated heterocycles. The van der Waals surface area contributed by atoms with Crippen molar-refractivity contribution in [3.8, 4) is 0 Å². The fraction of sp³-hybridized carbons (Fsp3) is 0.567. The number of para-hydroxylation sites is 1. The molecule has 5 rings (SSSR count). The number of hydrogen-bond acceptors (Lipinski definition) is 5. The fourth-order valence-electron chi connectivity index (χ4n) is 6.57. The van der Waals surface area contributed by atoms with E-state index < -0.39 is 35.1 Å². The van der Waals surface area contributed by atoms with E-state index in [0.717, 1.165) is 24.9 Å². The van der Waals surface area contributed by atoms with Gasteiger partial charge in [-0.05, 0) is 45.7 Å². The third kappa shape index (κ3) is 4.37. The molecule has 0 bridgehead atoms. The zero-order chi connectivity index (χ0) is 27.1. The van der Waals surface area contributed by atoms with Crippen LogP contribution in [0.4, 0.5) is 5.69 Å². The van der Waals surface area contributed by atoms with Gasteiger partial charge in [-0.15, -0.1) is 0 Å². The van der Waals surface area contributed by atoms with Gasteiger partial charge >= 0.3 is 0 Å². The first-order valence-corrected chi connectivity index (χ1v) is 13.8. The average Bonchev–Trinajstić information content (AvgIpc) is 3.18. The molecule has 8 nitrogen and oxygen atoms in total. The van der Waals surface area contributed by atoms with Crippen LogP contribution in [0.3, 0.4) is 0 Å². The summed E-state index contributed by atoms with van der Waals surface area (Å²) in [6, 6.07) is 8.66. The standard InChI is InChI=1S/C30H39N3O5/c1-29(2,3)33-19-12-16-30-24(27(36)32(25(30)28(33)37)17-9-4-5-10-20-34)23-22(38-30)15-11-18-31(26(23)35)21-13-7-6-8-14-21/h6-8,11-16,22-25,34H,4-5,9-10,17-20H2,1-3H3/t22-,23+,24-,25?,30-/m0/s1. The minimum atomic E-state index is -1.20. The summed E-state index contributed by atoms with van der Waals surface area (Å²) in [5, 5.41) is 9.13. The van der Waals surface area contributed by atoms with E-state index in [4.69, 9.17) is 9.84 Å². The van der Waals surface area contributed by atoms with Crippen molar-refractivity contribution in [1.82, 2.24) is 9.80 Å². The Kier molecular flexibility index (Phi) is 7.22. The second-order valence-electron chi connectivity index (χ2n) is 11.7. The molecule has 0 saturated carbocycles. The predicted molar refractivity (Wildman–Crippen MR) is 144 cm³/mol. The highest BCUT2D eigenvalue weighted by Gasteiger charge is 2.72. The number of carbonyl (C=O) groups is 3. The Morgan fingerprint density at radius 2 is 1.68 bits per heavy atom. The number of fused-ring (bicyclic) bond motifs is 2. The van der Waals surface area contributed by atoms with E-state index in [1.165, 1.54) is 0 Å². The molecule has 38 heavy (non-hydrogen) atoms. The molecule has 204 valence electrons. The van der Waals surface area contributed by atoms with Gasteiger partial charge in [-0.25, -0.2) is 0 Å². The highest BCUT2D eigenvalue weighted by molar-refractivity contribution is 6.03. The summed E-state index contributed by atoms with van der Waals surface area (Å²) in [4.78, 5) is 47.8. The minimum Gasteiger partial charge on any atom is -0.396 e. The first-order valence-electron chi connectivity index (χ1n) is 13.8. The normalized spacial score (nSPS) is 30.8. The molecule has 1 aromatic rings. The molecule has 1 N–H and O–H groups in total. The van der Waals surface area contributed by atoms with Crippen molar-refractivity contribution in [2.24, 2.45) is 11.8 Å². The summed E-state index contributed by atoms with van der Waals surface area (Å²) < 4.78 is 6.71. The maximum atomic E-state index is 14.2. The largest absolute Gasteiger partial charge is 0.396 e. The van der Waals surface area contributed by atoms with E-state index in [0.29, 0.717) is 26.1 Å². The zero-order valence-electron chi connectivity index (χ0n) is 22.6. The first-order chi connectivity index (χ1) is 18.2. The van der Waals surface area contributed by atoms with Crippen LogP contribution >= 0.6 is 0 Å². The molecule has 3 amide bonds. The summed E-state index contributed by atoms with van der Waals surface area (Å²) >= 11 is 0. The summed E-state index contributed by atoms with van der Waals surface area (Å²) in [7, 11) is 0. The van der Waals surface area contributed by atoms with Gasteiger partial charge in [0.15, 0.2) is 0 Å². The van der Waals surface area contributed by atoms with Crippen LogP contribution in [-0.4, -0.2) is 82.2 Å². The maximum absolute atomic E-state index is 14.2. The Hall–Kier alpha value is -2.97. The van der Waals surface area contributed by atoms with E-state index in [9.17, 15) is 14.4 Å². The number of rotatable bonds is 7. The van der Waals surface area contributed by atoms with Gasteiger partial charge in [0.2, 0.25) is 17.7 Å². The molecule has 1 spiro atoms. The van der Waals surface area contributed by atoms with E-state index in [2.05, 4.69) is 0 Å². The van der Waals surface area contributed by atoms with Crippen molar-refractivity contribution in [3.63, 3.8) is 0 Å². The topological polar surface area (TPSA) is 90.4 Å². The Morgan fingerprint density at radius 1 is 0.947 bits per heavy atom. The number of hydrogen-bond donors (Lipinski definition) is 1. The van der Waals surface area contributed by atoms with Crippen LogP contribution in [0.15, 0.2) is 54.6 Å². The molecule has 2 fully saturated rings. The maximum Gasteiger partial charge on any atom is 0.249 e. The van der Waals surface area contributed by atoms with Crippen molar-refractivity contribution >= 4 is 23.4 Å². The summed E-state index contributed by atoms with van der Waals surface area (Å²) in [5.41, 5.74) is -0.865. The Morgan fingerprint density at radius 3 is 2.39 bits per heavy atom. The second-order valence-corrected chi connectivity index (χ2v) is 11.7. The molecule has 4 heterocycles. The van der Waals surface area contributed by atoms with Gasteiger partial charge in [-0.2, -0.15) is 0 Å². The Bertz CT molecular complexity index is 1130. The van der Waals surface area contributed by atoms with Crippen molar-refractivity contribution in [2.75, 3.05) is 31.1 Å². The van der Waals surface area contributed by atoms with Gasteiger partial charge in [-0.3, -0.25) is 14.4 Å². The van der Waals surface area contributed by atoms with Crippen LogP contribution in [-0.2, 0) is 19.1 Å². The molecule has 0 aliphatic carbocycles. The molecular formula is C30H39N3O5. The number of unbranched alkanes of at least 4 members (excludes halogenated alkanes) is 3. The molecule has 1 unspecified atom stereocenters. The van der Waals surface area contributed by atoms with E-state index in [1.807, 2.05) is 80.3 Å². The number of nitrogens with zero attached hydrogens (tertiary/aromatic N) is 3. The van der Waals surface area contributed by atoms with Gasteiger partial charge in [0, 0.05) is 37.5 Å². The molecule has 4 aliphatic rings. The van der Waals surface area contributed by atoms with Crippen LogP contribution in [0.25, 0.3) is 0 Å². The lowest BCUT2D eigenvalue weighted by Gasteiger charge is -2.40. The quantitative estimate of drug-likeness (QED) is 0.440. The number of likely N-dealkylation sites (tertiary alicyclic amines) is 1. The van der Waals surface area contributed by atoms with Crippen molar-refractivity contribution in [1.29, 1.82) is 0 Å². The van der Waals surface area contributed by atoms with E-state index in [1.54, 1.807) is 9.80 Å². The highest BCUT2D eigenvalue weighted by Crippen LogP contribution is 2.54. The summed E-state index contributed by atoms with van der Waals surface area (Å²) in [5.74, 6) is -1.97. The lowest BCUT2D eigenvalue weighted by Crippen LogP contribution is -2.58. The zero-order valence-corrected chi connectivity index (χ0v) is 22.6. The number of carbonyl (C=O) groups excluding carboxylic acids is 3. The summed E-state index contributed by atoms with van der Waals surface area (Å²) in [6.45, 7) is 7.36. The van der Waals surface area contributed by atoms with Crippen molar-refractivity contribution in [2.45, 2.75) is 69.7 Å². The average molecular weight is 522 g/mol. The smallest absolute Gasteiger partial charge is 0.249 e. The van der Waals surface area contributed by atoms with Gasteiger partial charge in [0.25, 0.3) is 0 Å². The second kappa shape index (κ2) is 10.3. The molecule has 0 aromatic heterocycles. The number of amides is 3. The number of aliphatic hydroxyl groups is 1. The van der Waals surface area contributed by atoms with Gasteiger partial charge in [0.1, 0.15) is 11.6 Å². The van der Waals surface area contributed by atoms with Gasteiger partial charge in [-0.1, -0.05) is 55.3 Å². The van der Waals surface area contributed by atoms with Crippen LogP contribution in [0, 0.1) is 11.8 Å². The number of aliphatic hydroxyl groups excluding tert-OH is 1. The van der Waals surface area contributed by atoms with Gasteiger partial charge in [0.05, 0.1) is 17.9 Å². The SMILES string of the molecule is CC(C)(C)N1CC=C[C@]23O[C@H]4C=CCN(c5ccccc5)C(=O)[C@H]4[C@H]2C(=O)N(CCCCCCO)C3C1=O. The molecular weight excluding hydrogens is 482 g/mol. The van der Waals surface area contributed by atoms with E-state index >= 15 is 0 Å². The minimum absolute atomic E-state index is 0.137. The van der Waals surface area contributed by atoms with Gasteiger partial charge < -0.3 is 24.5 Å². The Balaban J connectivity index is 1.54. The van der Waals surface area contributed by atoms with Crippen LogP contribution in [0.5, 0.6) is 0 Å². The number of benzene rings is 1. The lowest BCUT2D eigenvalue weighted by molar-refractivity contribution is -0.150. The summed E-state index contributed by atoms with van der Waals surface area (Å²) in [6.07, 6.45) is 10.2. The van der Waals surface area contributed by atoms with Crippen molar-refractivity contribution < 1.29 is 24.2 Å². The molecule has 1 aromatic carbocycles. The van der Waals surface area contributed by atoms with Crippen LogP contribution in [0.1, 0.15) is 46.5 Å². The molecule has 0 radical (unpaired) electrons. The fourth-order valence-corrected chi connectivity index (χ4v) is 6.57. The predicted octanol–water partition coefficient (Wildman–Crippen LogP) is 2.92. The van der Waals surface area contributed by atoms with Crippen LogP contribution < -0.4 is 4.90 Å². The van der Waals surface area contributed by atoms with Crippen LogP contribution in [0.2, 0.25) is 0 Å². The molecule has 8 heteroatoms. The third-order valence-electron chi connectivity index (χ3n) is 8.34. The third-order valence-corrected chi connectivity index (χ3v) is 8.34. The number of anilines is 1. The van der Waals surface area contributed by atoms with Crippen molar-refractivity contribution in [3.05, 3.63) is 54.6 Å².